The van der Waals surface area contributed by atoms with E-state index in [0.29, 0.717) is 11.3 Å². The van der Waals surface area contributed by atoms with Crippen molar-refractivity contribution in [1.82, 2.24) is 10.2 Å². The number of nitrogens with one attached hydrogen (secondary N) is 1. The van der Waals surface area contributed by atoms with Crippen molar-refractivity contribution in [2.45, 2.75) is 57.2 Å². The van der Waals surface area contributed by atoms with Crippen molar-refractivity contribution in [2.24, 2.45) is 5.92 Å². The molecule has 0 spiro atoms. The van der Waals surface area contributed by atoms with Crippen molar-refractivity contribution in [3.63, 3.8) is 0 Å². The molecule has 0 aromatic heterocycles. The highest BCUT2D eigenvalue weighted by molar-refractivity contribution is 8.00. The Labute approximate surface area is 192 Å². The van der Waals surface area contributed by atoms with E-state index in [1.54, 1.807) is 33.8 Å². The number of aliphatic hydroxyl groups is 1. The van der Waals surface area contributed by atoms with Crippen molar-refractivity contribution in [1.29, 1.82) is 0 Å². The Balaban J connectivity index is 1.82. The Morgan fingerprint density at radius 1 is 1.34 bits per heavy atom. The molecule has 7 nitrogen and oxygen atoms in total. The molecule has 172 valence electrons. The standard InChI is InChI=1S/C24H30N2O5S/c1-6-14(2)20(28)16-13-32-22-18(25-17(27)12-15-10-8-7-9-11-15)21(29)26(22)19(16)23(30)31-24(3,4)5/h6-11,14,18,20,22,28H,1,12-13H2,2-5H3,(H,25,27)/t14-,18-,20+,22-/m1/s1. The molecule has 2 heterocycles. The van der Waals surface area contributed by atoms with Crippen LogP contribution in [-0.4, -0.2) is 56.7 Å². The van der Waals surface area contributed by atoms with E-state index in [9.17, 15) is 19.5 Å². The molecule has 1 fully saturated rings. The van der Waals surface area contributed by atoms with Gasteiger partial charge < -0.3 is 15.2 Å². The third kappa shape index (κ3) is 5.07. The number of esters is 1. The highest BCUT2D eigenvalue weighted by Crippen LogP contribution is 2.42. The molecule has 1 aromatic rings. The number of β-lactam (4-membered cyclic amide) rings is 1. The number of benzene rings is 1. The summed E-state index contributed by atoms with van der Waals surface area (Å²) in [6.45, 7) is 10.7. The van der Waals surface area contributed by atoms with Crippen molar-refractivity contribution in [3.05, 3.63) is 59.8 Å². The molecule has 0 radical (unpaired) electrons. The van der Waals surface area contributed by atoms with E-state index < -0.39 is 29.1 Å². The number of carbonyl (C=O) groups excluding carboxylic acids is 3. The molecule has 8 heteroatoms. The Bertz CT molecular complexity index is 937. The second-order valence-electron chi connectivity index (χ2n) is 9.03. The summed E-state index contributed by atoms with van der Waals surface area (Å²) < 4.78 is 5.54. The molecule has 1 aromatic carbocycles. The number of ether oxygens (including phenoxy) is 1. The number of amides is 2. The molecule has 2 N–H and O–H groups in total. The first-order valence-electron chi connectivity index (χ1n) is 10.6. The van der Waals surface area contributed by atoms with E-state index in [0.717, 1.165) is 5.56 Å². The first kappa shape index (κ1) is 24.1. The summed E-state index contributed by atoms with van der Waals surface area (Å²) in [6.07, 6.45) is 0.798. The third-order valence-corrected chi connectivity index (χ3v) is 6.64. The van der Waals surface area contributed by atoms with Gasteiger partial charge in [0.1, 0.15) is 22.7 Å². The summed E-state index contributed by atoms with van der Waals surface area (Å²) in [5.41, 5.74) is 0.600. The number of rotatable bonds is 7. The lowest BCUT2D eigenvalue weighted by molar-refractivity contribution is -0.159. The van der Waals surface area contributed by atoms with Crippen molar-refractivity contribution >= 4 is 29.5 Å². The quantitative estimate of drug-likeness (QED) is 0.370. The van der Waals surface area contributed by atoms with Gasteiger partial charge in [0.05, 0.1) is 12.5 Å². The van der Waals surface area contributed by atoms with E-state index in [1.165, 1.54) is 16.7 Å². The molecule has 0 aliphatic carbocycles. The zero-order valence-electron chi connectivity index (χ0n) is 18.8. The van der Waals surface area contributed by atoms with Gasteiger partial charge in [-0.25, -0.2) is 4.79 Å². The summed E-state index contributed by atoms with van der Waals surface area (Å²) in [4.78, 5) is 39.9. The van der Waals surface area contributed by atoms with Gasteiger partial charge in [0.25, 0.3) is 5.91 Å². The van der Waals surface area contributed by atoms with Crippen molar-refractivity contribution < 1.29 is 24.2 Å². The molecule has 2 amide bonds. The second-order valence-corrected chi connectivity index (χ2v) is 10.1. The lowest BCUT2D eigenvalue weighted by Gasteiger charge is -2.50. The van der Waals surface area contributed by atoms with Gasteiger partial charge in [-0.2, -0.15) is 0 Å². The van der Waals surface area contributed by atoms with Gasteiger partial charge in [-0.1, -0.05) is 43.3 Å². The van der Waals surface area contributed by atoms with Gasteiger partial charge in [-0.3, -0.25) is 14.5 Å². The molecule has 2 aliphatic rings. The van der Waals surface area contributed by atoms with Crippen LogP contribution in [0.4, 0.5) is 0 Å². The maximum Gasteiger partial charge on any atom is 0.355 e. The van der Waals surface area contributed by atoms with Crippen molar-refractivity contribution in [2.75, 3.05) is 5.75 Å². The average Bonchev–Trinajstić information content (AvgIpc) is 2.74. The second kappa shape index (κ2) is 9.50. The average molecular weight is 459 g/mol. The minimum atomic E-state index is -0.969. The minimum absolute atomic E-state index is 0.0726. The lowest BCUT2D eigenvalue weighted by Crippen LogP contribution is -2.71. The van der Waals surface area contributed by atoms with Crippen LogP contribution >= 0.6 is 11.8 Å². The van der Waals surface area contributed by atoms with Gasteiger partial charge in [0.15, 0.2) is 0 Å². The van der Waals surface area contributed by atoms with Crippen LogP contribution in [0, 0.1) is 5.92 Å². The SMILES string of the molecule is C=C[C@@H](C)[C@H](O)C1=C(C(=O)OC(C)(C)C)N2C(=O)[C@@H](NC(=O)Cc3ccccc3)[C@H]2SC1. The topological polar surface area (TPSA) is 95.9 Å². The fourth-order valence-corrected chi connectivity index (χ4v) is 5.03. The Morgan fingerprint density at radius 2 is 2.00 bits per heavy atom. The monoisotopic (exact) mass is 458 g/mol. The van der Waals surface area contributed by atoms with E-state index in [2.05, 4.69) is 11.9 Å². The largest absolute Gasteiger partial charge is 0.455 e. The highest BCUT2D eigenvalue weighted by Gasteiger charge is 2.55. The summed E-state index contributed by atoms with van der Waals surface area (Å²) >= 11 is 1.41. The number of hydrogen-bond donors (Lipinski definition) is 2. The fraction of sp³-hybridized carbons (Fsp3) is 0.458. The van der Waals surface area contributed by atoms with Crippen LogP contribution < -0.4 is 5.32 Å². The Morgan fingerprint density at radius 3 is 2.59 bits per heavy atom. The van der Waals surface area contributed by atoms with Crippen LogP contribution in [0.5, 0.6) is 0 Å². The summed E-state index contributed by atoms with van der Waals surface area (Å²) in [5.74, 6) is -1.27. The number of aliphatic hydroxyl groups excluding tert-OH is 1. The van der Waals surface area contributed by atoms with Gasteiger partial charge in [-0.05, 0) is 26.3 Å². The molecule has 3 rings (SSSR count). The smallest absolute Gasteiger partial charge is 0.355 e. The van der Waals surface area contributed by atoms with Gasteiger partial charge in [-0.15, -0.1) is 18.3 Å². The third-order valence-electron chi connectivity index (χ3n) is 5.34. The van der Waals surface area contributed by atoms with Crippen LogP contribution in [0.2, 0.25) is 0 Å². The van der Waals surface area contributed by atoms with Gasteiger partial charge in [0.2, 0.25) is 5.91 Å². The first-order chi connectivity index (χ1) is 15.0. The molecule has 0 unspecified atom stereocenters. The normalized spacial score (nSPS) is 22.4. The number of fused-ring (bicyclic) bond motifs is 1. The predicted molar refractivity (Wildman–Crippen MR) is 123 cm³/mol. The number of hydrogen-bond acceptors (Lipinski definition) is 6. The van der Waals surface area contributed by atoms with Gasteiger partial charge >= 0.3 is 5.97 Å². The van der Waals surface area contributed by atoms with Crippen LogP contribution in [0.25, 0.3) is 0 Å². The molecule has 32 heavy (non-hydrogen) atoms. The van der Waals surface area contributed by atoms with Gasteiger partial charge in [0, 0.05) is 17.2 Å². The molecule has 1 saturated heterocycles. The molecular weight excluding hydrogens is 428 g/mol. The summed E-state index contributed by atoms with van der Waals surface area (Å²) in [5, 5.41) is 13.2. The van der Waals surface area contributed by atoms with Crippen LogP contribution in [0.1, 0.15) is 33.3 Å². The van der Waals surface area contributed by atoms with Crippen LogP contribution in [0.15, 0.2) is 54.3 Å². The Kier molecular flexibility index (Phi) is 7.15. The molecule has 0 bridgehead atoms. The number of thioether (sulfide) groups is 1. The number of carbonyl (C=O) groups is 3. The summed E-state index contributed by atoms with van der Waals surface area (Å²) in [6, 6.07) is 8.54. The fourth-order valence-electron chi connectivity index (χ4n) is 3.64. The predicted octanol–water partition coefficient (Wildman–Crippen LogP) is 2.41. The zero-order chi connectivity index (χ0) is 23.6. The van der Waals surface area contributed by atoms with E-state index >= 15 is 0 Å². The Hall–Kier alpha value is -2.58. The van der Waals surface area contributed by atoms with E-state index in [-0.39, 0.29) is 29.9 Å². The summed E-state index contributed by atoms with van der Waals surface area (Å²) in [7, 11) is 0. The lowest BCUT2D eigenvalue weighted by atomic mass is 9.94. The van der Waals surface area contributed by atoms with Crippen molar-refractivity contribution in [3.8, 4) is 0 Å². The van der Waals surface area contributed by atoms with Crippen LogP contribution in [0.3, 0.4) is 0 Å². The minimum Gasteiger partial charge on any atom is -0.455 e. The zero-order valence-corrected chi connectivity index (χ0v) is 19.6. The maximum absolute atomic E-state index is 13.0. The van der Waals surface area contributed by atoms with E-state index in [4.69, 9.17) is 4.74 Å². The molecule has 2 aliphatic heterocycles. The molecule has 0 saturated carbocycles. The first-order valence-corrected chi connectivity index (χ1v) is 11.6. The molecule has 4 atom stereocenters. The van der Waals surface area contributed by atoms with Crippen LogP contribution in [-0.2, 0) is 25.5 Å². The number of nitrogens with zero attached hydrogens (tertiary/aromatic N) is 1. The van der Waals surface area contributed by atoms with E-state index in [1.807, 2.05) is 30.3 Å². The molecular formula is C24H30N2O5S. The highest BCUT2D eigenvalue weighted by atomic mass is 32.2. The maximum atomic E-state index is 13.0.